The fraction of sp³-hybridized carbons (Fsp3) is 0.500. The van der Waals surface area contributed by atoms with Crippen molar-refractivity contribution >= 4 is 32.9 Å². The number of anilines is 1. The van der Waals surface area contributed by atoms with Crippen LogP contribution in [0.3, 0.4) is 0 Å². The van der Waals surface area contributed by atoms with Gasteiger partial charge >= 0.3 is 5.69 Å². The van der Waals surface area contributed by atoms with Crippen LogP contribution in [0, 0.1) is 10.1 Å². The summed E-state index contributed by atoms with van der Waals surface area (Å²) >= 11 is 1.40. The molecule has 1 aliphatic carbocycles. The van der Waals surface area contributed by atoms with Gasteiger partial charge in [-0.1, -0.05) is 12.8 Å². The van der Waals surface area contributed by atoms with Crippen molar-refractivity contribution < 1.29 is 9.66 Å². The lowest BCUT2D eigenvalue weighted by molar-refractivity contribution is -0.382. The van der Waals surface area contributed by atoms with Gasteiger partial charge in [0.1, 0.15) is 5.69 Å². The molecule has 112 valence electrons. The van der Waals surface area contributed by atoms with Gasteiger partial charge in [-0.2, -0.15) is 0 Å². The third-order valence-corrected chi connectivity index (χ3v) is 4.53. The third-order valence-electron chi connectivity index (χ3n) is 3.73. The van der Waals surface area contributed by atoms with Gasteiger partial charge in [0.25, 0.3) is 0 Å². The van der Waals surface area contributed by atoms with E-state index in [9.17, 15) is 10.1 Å². The molecule has 0 amide bonds. The van der Waals surface area contributed by atoms with E-state index in [0.29, 0.717) is 30.5 Å². The van der Waals surface area contributed by atoms with E-state index in [-0.39, 0.29) is 10.6 Å². The predicted octanol–water partition coefficient (Wildman–Crippen LogP) is 3.58. The van der Waals surface area contributed by atoms with E-state index >= 15 is 0 Å². The molecule has 1 saturated carbocycles. The van der Waals surface area contributed by atoms with Crippen molar-refractivity contribution in [3.63, 3.8) is 0 Å². The molecule has 21 heavy (non-hydrogen) atoms. The molecule has 0 bridgehead atoms. The van der Waals surface area contributed by atoms with Crippen LogP contribution in [0.25, 0.3) is 10.2 Å². The van der Waals surface area contributed by atoms with Gasteiger partial charge in [0, 0.05) is 6.54 Å². The van der Waals surface area contributed by atoms with Gasteiger partial charge in [0.05, 0.1) is 27.8 Å². The van der Waals surface area contributed by atoms with Gasteiger partial charge in [-0.25, -0.2) is 4.98 Å². The molecule has 1 fully saturated rings. The molecule has 1 N–H and O–H groups in total. The van der Waals surface area contributed by atoms with Crippen LogP contribution >= 0.6 is 11.3 Å². The minimum absolute atomic E-state index is 0.0506. The molecule has 2 aromatic rings. The molecule has 0 radical (unpaired) electrons. The van der Waals surface area contributed by atoms with Crippen molar-refractivity contribution in [2.75, 3.05) is 18.5 Å². The van der Waals surface area contributed by atoms with Gasteiger partial charge in [-0.05, 0) is 25.0 Å². The molecule has 1 heterocycles. The number of rotatable bonds is 6. The molecule has 3 rings (SSSR count). The number of nitrogens with one attached hydrogen (secondary N) is 1. The minimum atomic E-state index is -0.373. The summed E-state index contributed by atoms with van der Waals surface area (Å²) < 4.78 is 6.58. The second-order valence-corrected chi connectivity index (χ2v) is 6.01. The minimum Gasteiger partial charge on any atom is -0.377 e. The highest BCUT2D eigenvalue weighted by Gasteiger charge is 2.20. The number of ether oxygens (including phenoxy) is 1. The van der Waals surface area contributed by atoms with Crippen molar-refractivity contribution in [1.29, 1.82) is 0 Å². The van der Waals surface area contributed by atoms with E-state index in [1.807, 2.05) is 6.07 Å². The number of benzene rings is 1. The summed E-state index contributed by atoms with van der Waals surface area (Å²) in [6, 6.07) is 3.61. The first-order chi connectivity index (χ1) is 10.3. The summed E-state index contributed by atoms with van der Waals surface area (Å²) in [5.41, 5.74) is 2.64. The van der Waals surface area contributed by atoms with Crippen molar-refractivity contribution in [3.8, 4) is 0 Å². The zero-order valence-electron chi connectivity index (χ0n) is 11.6. The number of fused-ring (bicyclic) bond motifs is 1. The Bertz CT molecular complexity index is 637. The first-order valence-electron chi connectivity index (χ1n) is 7.12. The lowest BCUT2D eigenvalue weighted by Gasteiger charge is -2.12. The van der Waals surface area contributed by atoms with Gasteiger partial charge < -0.3 is 10.1 Å². The average molecular weight is 307 g/mol. The van der Waals surface area contributed by atoms with Gasteiger partial charge in [-0.3, -0.25) is 10.1 Å². The Morgan fingerprint density at radius 2 is 2.24 bits per heavy atom. The van der Waals surface area contributed by atoms with Gasteiger partial charge in [-0.15, -0.1) is 11.3 Å². The number of hydrogen-bond acceptors (Lipinski definition) is 6. The highest BCUT2D eigenvalue weighted by Crippen LogP contribution is 2.34. The van der Waals surface area contributed by atoms with Crippen LogP contribution in [0.1, 0.15) is 25.7 Å². The lowest BCUT2D eigenvalue weighted by Crippen LogP contribution is -2.15. The molecule has 0 spiro atoms. The Balaban J connectivity index is 1.65. The maximum atomic E-state index is 11.3. The number of nitro benzene ring substituents is 1. The summed E-state index contributed by atoms with van der Waals surface area (Å²) in [6.45, 7) is 1.13. The second-order valence-electron chi connectivity index (χ2n) is 5.12. The van der Waals surface area contributed by atoms with E-state index in [1.54, 1.807) is 11.6 Å². The Kier molecular flexibility index (Phi) is 4.31. The normalized spacial score (nSPS) is 15.6. The Morgan fingerprint density at radius 3 is 3.00 bits per heavy atom. The highest BCUT2D eigenvalue weighted by atomic mass is 32.1. The smallest absolute Gasteiger partial charge is 0.319 e. The standard InChI is InChI=1S/C14H17N3O3S/c18-17(19)14-11(5-6-12-13(14)16-9-21-12)15-7-8-20-10-3-1-2-4-10/h5-6,9-10,15H,1-4,7-8H2. The van der Waals surface area contributed by atoms with Gasteiger partial charge in [0.15, 0.2) is 5.52 Å². The van der Waals surface area contributed by atoms with Crippen LogP contribution in [0.15, 0.2) is 17.6 Å². The number of aromatic nitrogens is 1. The van der Waals surface area contributed by atoms with Crippen molar-refractivity contribution in [3.05, 3.63) is 27.8 Å². The first-order valence-corrected chi connectivity index (χ1v) is 8.00. The fourth-order valence-electron chi connectivity index (χ4n) is 2.71. The van der Waals surface area contributed by atoms with Crippen molar-refractivity contribution in [2.45, 2.75) is 31.8 Å². The van der Waals surface area contributed by atoms with Crippen LogP contribution in [0.5, 0.6) is 0 Å². The average Bonchev–Trinajstić information content (AvgIpc) is 3.13. The summed E-state index contributed by atoms with van der Waals surface area (Å²) in [4.78, 5) is 15.0. The van der Waals surface area contributed by atoms with Crippen LogP contribution in [0.4, 0.5) is 11.4 Å². The number of nitro groups is 1. The first kappa shape index (κ1) is 14.2. The molecular weight excluding hydrogens is 290 g/mol. The molecule has 0 unspecified atom stereocenters. The largest absolute Gasteiger partial charge is 0.377 e. The van der Waals surface area contributed by atoms with Crippen LogP contribution in [-0.2, 0) is 4.74 Å². The molecule has 1 aromatic heterocycles. The fourth-order valence-corrected chi connectivity index (χ4v) is 3.39. The summed E-state index contributed by atoms with van der Waals surface area (Å²) in [7, 11) is 0. The van der Waals surface area contributed by atoms with E-state index < -0.39 is 0 Å². The number of hydrogen-bond donors (Lipinski definition) is 1. The predicted molar refractivity (Wildman–Crippen MR) is 83.0 cm³/mol. The van der Waals surface area contributed by atoms with E-state index in [4.69, 9.17) is 4.74 Å². The Labute approximate surface area is 126 Å². The van der Waals surface area contributed by atoms with Crippen molar-refractivity contribution in [1.82, 2.24) is 4.98 Å². The molecule has 1 aromatic carbocycles. The zero-order valence-corrected chi connectivity index (χ0v) is 12.4. The molecule has 0 atom stereocenters. The lowest BCUT2D eigenvalue weighted by atomic mass is 10.2. The molecule has 0 aliphatic heterocycles. The van der Waals surface area contributed by atoms with Gasteiger partial charge in [0.2, 0.25) is 0 Å². The number of nitrogens with zero attached hydrogens (tertiary/aromatic N) is 2. The van der Waals surface area contributed by atoms with E-state index in [1.165, 1.54) is 24.2 Å². The molecular formula is C14H17N3O3S. The molecule has 6 nitrogen and oxygen atoms in total. The maximum Gasteiger partial charge on any atom is 0.319 e. The molecule has 1 aliphatic rings. The molecule has 0 saturated heterocycles. The van der Waals surface area contributed by atoms with Crippen LogP contribution in [-0.4, -0.2) is 29.2 Å². The topological polar surface area (TPSA) is 77.3 Å². The summed E-state index contributed by atoms with van der Waals surface area (Å²) in [5, 5.41) is 14.4. The quantitative estimate of drug-likeness (QED) is 0.501. The monoisotopic (exact) mass is 307 g/mol. The van der Waals surface area contributed by atoms with E-state index in [0.717, 1.165) is 17.5 Å². The Morgan fingerprint density at radius 1 is 1.43 bits per heavy atom. The highest BCUT2D eigenvalue weighted by molar-refractivity contribution is 7.16. The summed E-state index contributed by atoms with van der Waals surface area (Å²) in [6.07, 6.45) is 5.10. The van der Waals surface area contributed by atoms with Crippen LogP contribution < -0.4 is 5.32 Å². The van der Waals surface area contributed by atoms with Crippen molar-refractivity contribution in [2.24, 2.45) is 0 Å². The third kappa shape index (κ3) is 3.14. The number of thiazole rings is 1. The molecule has 7 heteroatoms. The SMILES string of the molecule is O=[N+]([O-])c1c(NCCOC2CCCC2)ccc2scnc12. The van der Waals surface area contributed by atoms with Crippen LogP contribution in [0.2, 0.25) is 0 Å². The summed E-state index contributed by atoms with van der Waals surface area (Å²) in [5.74, 6) is 0. The second kappa shape index (κ2) is 6.36. The Hall–Kier alpha value is -1.73. The maximum absolute atomic E-state index is 11.3. The zero-order chi connectivity index (χ0) is 14.7. The van der Waals surface area contributed by atoms with E-state index in [2.05, 4.69) is 10.3 Å².